The SMILES string of the molecule is CCCC(OCC)C(CC1CCOCC1)NC. The zero-order valence-electron chi connectivity index (χ0n) is 11.7. The summed E-state index contributed by atoms with van der Waals surface area (Å²) in [4.78, 5) is 0. The quantitative estimate of drug-likeness (QED) is 0.711. The first-order chi connectivity index (χ1) is 8.31. The van der Waals surface area contributed by atoms with Crippen LogP contribution in [0.15, 0.2) is 0 Å². The molecule has 0 saturated carbocycles. The molecule has 0 aromatic rings. The van der Waals surface area contributed by atoms with Crippen molar-refractivity contribution in [3.63, 3.8) is 0 Å². The van der Waals surface area contributed by atoms with Gasteiger partial charge in [-0.1, -0.05) is 13.3 Å². The smallest absolute Gasteiger partial charge is 0.0727 e. The van der Waals surface area contributed by atoms with Crippen LogP contribution in [0.4, 0.5) is 0 Å². The molecule has 1 N–H and O–H groups in total. The molecule has 0 aromatic heterocycles. The predicted octanol–water partition coefficient (Wildman–Crippen LogP) is 2.60. The van der Waals surface area contributed by atoms with Gasteiger partial charge in [-0.05, 0) is 45.6 Å². The van der Waals surface area contributed by atoms with Gasteiger partial charge < -0.3 is 14.8 Å². The third kappa shape index (κ3) is 5.36. The summed E-state index contributed by atoms with van der Waals surface area (Å²) >= 11 is 0. The van der Waals surface area contributed by atoms with E-state index in [2.05, 4.69) is 26.2 Å². The van der Waals surface area contributed by atoms with Gasteiger partial charge in [0.15, 0.2) is 0 Å². The van der Waals surface area contributed by atoms with Crippen LogP contribution >= 0.6 is 0 Å². The first-order valence-electron chi connectivity index (χ1n) is 7.18. The molecular formula is C14H29NO2. The van der Waals surface area contributed by atoms with Crippen molar-refractivity contribution in [2.45, 2.75) is 58.1 Å². The maximum atomic E-state index is 5.88. The summed E-state index contributed by atoms with van der Waals surface area (Å²) in [6.07, 6.45) is 6.37. The minimum atomic E-state index is 0.373. The Labute approximate surface area is 106 Å². The van der Waals surface area contributed by atoms with Crippen LogP contribution in [0.3, 0.4) is 0 Å². The fraction of sp³-hybridized carbons (Fsp3) is 1.00. The van der Waals surface area contributed by atoms with Crippen molar-refractivity contribution in [3.05, 3.63) is 0 Å². The van der Waals surface area contributed by atoms with Gasteiger partial charge >= 0.3 is 0 Å². The van der Waals surface area contributed by atoms with Gasteiger partial charge in [-0.2, -0.15) is 0 Å². The summed E-state index contributed by atoms with van der Waals surface area (Å²) in [5.41, 5.74) is 0. The Bertz CT molecular complexity index is 175. The van der Waals surface area contributed by atoms with Crippen LogP contribution in [0.2, 0.25) is 0 Å². The molecule has 102 valence electrons. The van der Waals surface area contributed by atoms with E-state index in [0.29, 0.717) is 12.1 Å². The maximum absolute atomic E-state index is 5.88. The molecule has 0 aromatic carbocycles. The molecule has 3 nitrogen and oxygen atoms in total. The molecule has 1 heterocycles. The highest BCUT2D eigenvalue weighted by Gasteiger charge is 2.24. The molecule has 0 radical (unpaired) electrons. The van der Waals surface area contributed by atoms with Crippen LogP contribution in [0, 0.1) is 5.92 Å². The molecule has 0 amide bonds. The van der Waals surface area contributed by atoms with E-state index in [1.165, 1.54) is 25.7 Å². The van der Waals surface area contributed by atoms with Crippen molar-refractivity contribution in [1.82, 2.24) is 5.32 Å². The lowest BCUT2D eigenvalue weighted by Gasteiger charge is -2.31. The Morgan fingerprint density at radius 1 is 1.29 bits per heavy atom. The van der Waals surface area contributed by atoms with E-state index in [4.69, 9.17) is 9.47 Å². The molecule has 1 aliphatic rings. The van der Waals surface area contributed by atoms with Crippen LogP contribution in [0.1, 0.15) is 46.0 Å². The van der Waals surface area contributed by atoms with E-state index in [1.807, 2.05) is 0 Å². The lowest BCUT2D eigenvalue weighted by atomic mass is 9.89. The summed E-state index contributed by atoms with van der Waals surface area (Å²) in [6.45, 7) is 7.01. The van der Waals surface area contributed by atoms with E-state index in [-0.39, 0.29) is 0 Å². The van der Waals surface area contributed by atoms with Crippen molar-refractivity contribution < 1.29 is 9.47 Å². The van der Waals surface area contributed by atoms with Crippen LogP contribution in [0.5, 0.6) is 0 Å². The Balaban J connectivity index is 2.42. The first kappa shape index (κ1) is 14.9. The largest absolute Gasteiger partial charge is 0.381 e. The zero-order chi connectivity index (χ0) is 12.5. The minimum absolute atomic E-state index is 0.373. The Hall–Kier alpha value is -0.120. The summed E-state index contributed by atoms with van der Waals surface area (Å²) in [7, 11) is 2.06. The Morgan fingerprint density at radius 2 is 2.00 bits per heavy atom. The summed E-state index contributed by atoms with van der Waals surface area (Å²) in [5, 5.41) is 3.45. The maximum Gasteiger partial charge on any atom is 0.0727 e. The third-order valence-corrected chi connectivity index (χ3v) is 3.70. The van der Waals surface area contributed by atoms with Gasteiger partial charge in [-0.25, -0.2) is 0 Å². The Kier molecular flexibility index (Phi) is 7.82. The summed E-state index contributed by atoms with van der Waals surface area (Å²) in [5.74, 6) is 0.806. The molecule has 2 unspecified atom stereocenters. The second-order valence-corrected chi connectivity index (χ2v) is 4.97. The van der Waals surface area contributed by atoms with Gasteiger partial charge in [0.25, 0.3) is 0 Å². The van der Waals surface area contributed by atoms with Crippen LogP contribution < -0.4 is 5.32 Å². The van der Waals surface area contributed by atoms with Crippen LogP contribution in [-0.2, 0) is 9.47 Å². The number of hydrogen-bond donors (Lipinski definition) is 1. The molecule has 2 atom stereocenters. The number of rotatable bonds is 8. The van der Waals surface area contributed by atoms with E-state index >= 15 is 0 Å². The molecule has 1 aliphatic heterocycles. The molecule has 0 spiro atoms. The third-order valence-electron chi connectivity index (χ3n) is 3.70. The molecular weight excluding hydrogens is 214 g/mol. The molecule has 1 rings (SSSR count). The van der Waals surface area contributed by atoms with Crippen molar-refractivity contribution >= 4 is 0 Å². The highest BCUT2D eigenvalue weighted by atomic mass is 16.5. The molecule has 0 aliphatic carbocycles. The Morgan fingerprint density at radius 3 is 2.53 bits per heavy atom. The summed E-state index contributed by atoms with van der Waals surface area (Å²) in [6, 6.07) is 0.498. The number of hydrogen-bond acceptors (Lipinski definition) is 3. The average molecular weight is 243 g/mol. The first-order valence-corrected chi connectivity index (χ1v) is 7.18. The van der Waals surface area contributed by atoms with Crippen molar-refractivity contribution in [3.8, 4) is 0 Å². The topological polar surface area (TPSA) is 30.5 Å². The lowest BCUT2D eigenvalue weighted by molar-refractivity contribution is 0.0113. The molecule has 0 bridgehead atoms. The molecule has 1 saturated heterocycles. The van der Waals surface area contributed by atoms with Crippen molar-refractivity contribution in [1.29, 1.82) is 0 Å². The molecule has 1 fully saturated rings. The van der Waals surface area contributed by atoms with Gasteiger partial charge in [0, 0.05) is 25.9 Å². The second-order valence-electron chi connectivity index (χ2n) is 4.97. The predicted molar refractivity (Wildman–Crippen MR) is 71.3 cm³/mol. The number of likely N-dealkylation sites (N-methyl/N-ethyl adjacent to an activating group) is 1. The van der Waals surface area contributed by atoms with Crippen LogP contribution in [0.25, 0.3) is 0 Å². The average Bonchev–Trinajstić information content (AvgIpc) is 2.37. The van der Waals surface area contributed by atoms with E-state index < -0.39 is 0 Å². The molecule has 3 heteroatoms. The normalized spacial score (nSPS) is 21.4. The monoisotopic (exact) mass is 243 g/mol. The molecule has 17 heavy (non-hydrogen) atoms. The van der Waals surface area contributed by atoms with Gasteiger partial charge in [0.1, 0.15) is 0 Å². The number of nitrogens with one attached hydrogen (secondary N) is 1. The fourth-order valence-corrected chi connectivity index (χ4v) is 2.70. The number of ether oxygens (including phenoxy) is 2. The van der Waals surface area contributed by atoms with Gasteiger partial charge in [0.05, 0.1) is 6.10 Å². The van der Waals surface area contributed by atoms with E-state index in [1.54, 1.807) is 0 Å². The van der Waals surface area contributed by atoms with Gasteiger partial charge in [-0.3, -0.25) is 0 Å². The van der Waals surface area contributed by atoms with Gasteiger partial charge in [-0.15, -0.1) is 0 Å². The van der Waals surface area contributed by atoms with E-state index in [0.717, 1.165) is 32.2 Å². The zero-order valence-corrected chi connectivity index (χ0v) is 11.7. The van der Waals surface area contributed by atoms with Crippen molar-refractivity contribution in [2.24, 2.45) is 5.92 Å². The van der Waals surface area contributed by atoms with Crippen molar-refractivity contribution in [2.75, 3.05) is 26.9 Å². The lowest BCUT2D eigenvalue weighted by Crippen LogP contribution is -2.41. The standard InChI is InChI=1S/C14H29NO2/c1-4-6-14(17-5-2)13(15-3)11-12-7-9-16-10-8-12/h12-15H,4-11H2,1-3H3. The fourth-order valence-electron chi connectivity index (χ4n) is 2.70. The highest BCUT2D eigenvalue weighted by Crippen LogP contribution is 2.23. The second kappa shape index (κ2) is 8.90. The highest BCUT2D eigenvalue weighted by molar-refractivity contribution is 4.80. The summed E-state index contributed by atoms with van der Waals surface area (Å²) < 4.78 is 11.3. The van der Waals surface area contributed by atoms with Crippen LogP contribution in [-0.4, -0.2) is 39.0 Å². The minimum Gasteiger partial charge on any atom is -0.381 e. The van der Waals surface area contributed by atoms with E-state index in [9.17, 15) is 0 Å². The van der Waals surface area contributed by atoms with Gasteiger partial charge in [0.2, 0.25) is 0 Å².